The molecule has 4 aliphatic rings. The minimum atomic E-state index is -1.23. The Kier molecular flexibility index (Phi) is 4.68. The zero-order valence-electron chi connectivity index (χ0n) is 17.8. The number of carboxylic acid groups (broad SMARTS) is 1. The van der Waals surface area contributed by atoms with Crippen LogP contribution in [-0.4, -0.2) is 30.2 Å². The molecule has 4 aliphatic carbocycles. The number of carbonyl (C=O) groups excluding carboxylic acids is 1. The molecule has 0 saturated heterocycles. The van der Waals surface area contributed by atoms with Crippen molar-refractivity contribution in [1.29, 1.82) is 0 Å². The molecule has 0 amide bonds. The van der Waals surface area contributed by atoms with E-state index in [1.807, 2.05) is 13.8 Å². The van der Waals surface area contributed by atoms with Crippen LogP contribution in [0.25, 0.3) is 0 Å². The van der Waals surface area contributed by atoms with Crippen molar-refractivity contribution in [3.63, 3.8) is 0 Å². The molecule has 0 heterocycles. The summed E-state index contributed by atoms with van der Waals surface area (Å²) in [5, 5.41) is 15.0. The van der Waals surface area contributed by atoms with Crippen LogP contribution in [0.4, 0.5) is 0 Å². The van der Waals surface area contributed by atoms with E-state index in [9.17, 15) is 14.7 Å². The Hall–Kier alpha value is -2.09. The van der Waals surface area contributed by atoms with Crippen LogP contribution in [0.1, 0.15) is 53.4 Å². The number of hydrogen-bond acceptors (Lipinski definition) is 4. The highest BCUT2D eigenvalue weighted by atomic mass is 16.6. The van der Waals surface area contributed by atoms with Gasteiger partial charge in [-0.3, -0.25) is 4.79 Å². The molecule has 5 nitrogen and oxygen atoms in total. The van der Waals surface area contributed by atoms with Crippen molar-refractivity contribution in [2.24, 2.45) is 51.0 Å². The van der Waals surface area contributed by atoms with Crippen LogP contribution < -0.4 is 0 Å². The summed E-state index contributed by atoms with van der Waals surface area (Å²) in [6, 6.07) is 0. The largest absolute Gasteiger partial charge is 0.481 e. The van der Waals surface area contributed by atoms with Crippen LogP contribution in [0, 0.1) is 57.7 Å². The van der Waals surface area contributed by atoms with Gasteiger partial charge in [-0.15, -0.1) is 5.92 Å². The summed E-state index contributed by atoms with van der Waals surface area (Å²) in [4.78, 5) is 31.4. The predicted octanol–water partition coefficient (Wildman–Crippen LogP) is 3.94. The van der Waals surface area contributed by atoms with Gasteiger partial charge in [-0.25, -0.2) is 0 Å². The van der Waals surface area contributed by atoms with E-state index in [1.165, 1.54) is 0 Å². The van der Waals surface area contributed by atoms with E-state index in [-0.39, 0.29) is 24.4 Å². The number of aliphatic carboxylic acids is 1. The molecule has 3 fully saturated rings. The SMILES string of the molecule is CC#CCON=C[C@@]12C[C@@H]3[C@H](C)CC[C@H]3[C@@]3(C=O)C[C@@H]1C=C(C(C)C)[C@]32C(=O)O. The maximum absolute atomic E-state index is 13.2. The van der Waals surface area contributed by atoms with Gasteiger partial charge < -0.3 is 14.7 Å². The summed E-state index contributed by atoms with van der Waals surface area (Å²) < 4.78 is 0. The first-order chi connectivity index (χ1) is 13.8. The first-order valence-corrected chi connectivity index (χ1v) is 10.8. The third-order valence-electron chi connectivity index (χ3n) is 8.67. The highest BCUT2D eigenvalue weighted by Crippen LogP contribution is 2.82. The van der Waals surface area contributed by atoms with E-state index >= 15 is 0 Å². The normalized spacial score (nSPS) is 44.4. The Labute approximate surface area is 172 Å². The molecule has 0 aliphatic heterocycles. The van der Waals surface area contributed by atoms with Crippen molar-refractivity contribution in [1.82, 2.24) is 0 Å². The molecular formula is C24H31NO4. The maximum Gasteiger partial charge on any atom is 0.315 e. The highest BCUT2D eigenvalue weighted by Gasteiger charge is 2.84. The summed E-state index contributed by atoms with van der Waals surface area (Å²) in [7, 11) is 0. The fraction of sp³-hybridized carbons (Fsp3) is 0.708. The first-order valence-electron chi connectivity index (χ1n) is 10.8. The zero-order chi connectivity index (χ0) is 21.0. The number of carbonyl (C=O) groups is 2. The van der Waals surface area contributed by atoms with Crippen molar-refractivity contribution >= 4 is 18.5 Å². The van der Waals surface area contributed by atoms with Crippen LogP contribution in [0.2, 0.25) is 0 Å². The molecule has 0 aromatic heterocycles. The second-order valence-corrected chi connectivity index (χ2v) is 9.80. The lowest BCUT2D eigenvalue weighted by molar-refractivity contribution is -0.173. The third-order valence-corrected chi connectivity index (χ3v) is 8.67. The molecule has 3 saturated carbocycles. The summed E-state index contributed by atoms with van der Waals surface area (Å²) in [6.07, 6.45) is 8.29. The van der Waals surface area contributed by atoms with Gasteiger partial charge in [0.1, 0.15) is 11.7 Å². The van der Waals surface area contributed by atoms with E-state index in [0.717, 1.165) is 31.1 Å². The Morgan fingerprint density at radius 1 is 1.38 bits per heavy atom. The van der Waals surface area contributed by atoms with Gasteiger partial charge in [0.05, 0.1) is 11.6 Å². The zero-order valence-corrected chi connectivity index (χ0v) is 17.8. The van der Waals surface area contributed by atoms with E-state index in [1.54, 1.807) is 13.1 Å². The van der Waals surface area contributed by atoms with Gasteiger partial charge in [0.15, 0.2) is 6.61 Å². The van der Waals surface area contributed by atoms with Crippen molar-refractivity contribution in [2.45, 2.75) is 53.4 Å². The van der Waals surface area contributed by atoms with Gasteiger partial charge in [-0.1, -0.05) is 49.9 Å². The average Bonchev–Trinajstić information content (AvgIpc) is 3.25. The fourth-order valence-corrected chi connectivity index (χ4v) is 7.76. The molecule has 5 heteroatoms. The Morgan fingerprint density at radius 2 is 2.14 bits per heavy atom. The number of allylic oxidation sites excluding steroid dienone is 1. The van der Waals surface area contributed by atoms with E-state index in [2.05, 4.69) is 30.0 Å². The van der Waals surface area contributed by atoms with Crippen LogP contribution in [0.15, 0.2) is 16.8 Å². The van der Waals surface area contributed by atoms with Crippen molar-refractivity contribution in [3.8, 4) is 11.8 Å². The molecule has 0 unspecified atom stereocenters. The molecule has 7 atom stereocenters. The standard InChI is InChI=1S/C24H31NO4/c1-5-6-9-29-25-13-22-12-18-16(4)7-8-19(18)23(14-26)11-17(22)10-20(15(2)3)24(22,23)21(27)28/h10,13-19H,7-9,11-12H2,1-4H3,(H,27,28)/t16-,17+,18-,19-,22+,23+,24-/m1/s1. The summed E-state index contributed by atoms with van der Waals surface area (Å²) in [5.74, 6) is 5.74. The van der Waals surface area contributed by atoms with Gasteiger partial charge in [-0.2, -0.15) is 0 Å². The number of carboxylic acids is 1. The third kappa shape index (κ3) is 2.21. The molecular weight excluding hydrogens is 366 g/mol. The van der Waals surface area contributed by atoms with Gasteiger partial charge in [0.25, 0.3) is 0 Å². The Balaban J connectivity index is 1.91. The number of oxime groups is 1. The molecule has 0 aromatic carbocycles. The van der Waals surface area contributed by atoms with Gasteiger partial charge in [-0.05, 0) is 55.8 Å². The minimum absolute atomic E-state index is 0.00334. The molecule has 1 N–H and O–H groups in total. The molecule has 0 spiro atoms. The van der Waals surface area contributed by atoms with E-state index in [4.69, 9.17) is 4.84 Å². The Morgan fingerprint density at radius 3 is 2.76 bits per heavy atom. The van der Waals surface area contributed by atoms with Crippen LogP contribution in [-0.2, 0) is 14.4 Å². The Bertz CT molecular complexity index is 849. The highest BCUT2D eigenvalue weighted by molar-refractivity contribution is 5.96. The number of aldehydes is 1. The smallest absolute Gasteiger partial charge is 0.315 e. The number of rotatable bonds is 6. The van der Waals surface area contributed by atoms with Gasteiger partial charge in [0, 0.05) is 5.41 Å². The minimum Gasteiger partial charge on any atom is -0.481 e. The van der Waals surface area contributed by atoms with Crippen molar-refractivity contribution in [2.75, 3.05) is 6.61 Å². The van der Waals surface area contributed by atoms with Crippen LogP contribution in [0.5, 0.6) is 0 Å². The monoisotopic (exact) mass is 397 g/mol. The van der Waals surface area contributed by atoms with Crippen LogP contribution in [0.3, 0.4) is 0 Å². The molecule has 156 valence electrons. The number of nitrogens with zero attached hydrogens (tertiary/aromatic N) is 1. The lowest BCUT2D eigenvalue weighted by atomic mass is 9.43. The predicted molar refractivity (Wildman–Crippen MR) is 110 cm³/mol. The lowest BCUT2D eigenvalue weighted by Crippen LogP contribution is -2.63. The molecule has 4 rings (SSSR count). The summed E-state index contributed by atoms with van der Waals surface area (Å²) in [6.45, 7) is 8.25. The number of fused-ring (bicyclic) bond motifs is 2. The molecule has 4 bridgehead atoms. The molecule has 29 heavy (non-hydrogen) atoms. The quantitative estimate of drug-likeness (QED) is 0.184. The van der Waals surface area contributed by atoms with Gasteiger partial charge in [0.2, 0.25) is 0 Å². The second-order valence-electron chi connectivity index (χ2n) is 9.80. The topological polar surface area (TPSA) is 76.0 Å². The second kappa shape index (κ2) is 6.72. The average molecular weight is 398 g/mol. The lowest BCUT2D eigenvalue weighted by Gasteiger charge is -2.57. The van der Waals surface area contributed by atoms with E-state index < -0.39 is 22.2 Å². The fourth-order valence-electron chi connectivity index (χ4n) is 7.76. The summed E-state index contributed by atoms with van der Waals surface area (Å²) in [5.41, 5.74) is -1.89. The van der Waals surface area contributed by atoms with Crippen molar-refractivity contribution in [3.05, 3.63) is 11.6 Å². The van der Waals surface area contributed by atoms with Crippen molar-refractivity contribution < 1.29 is 19.5 Å². The number of hydrogen-bond donors (Lipinski definition) is 1. The maximum atomic E-state index is 13.2. The first kappa shape index (κ1) is 20.2. The molecule has 0 radical (unpaired) electrons. The van der Waals surface area contributed by atoms with E-state index in [0.29, 0.717) is 18.3 Å². The van der Waals surface area contributed by atoms with Gasteiger partial charge >= 0.3 is 5.97 Å². The molecule has 0 aromatic rings. The summed E-state index contributed by atoms with van der Waals surface area (Å²) >= 11 is 0. The van der Waals surface area contributed by atoms with Crippen LogP contribution >= 0.6 is 0 Å².